The number of likely N-dealkylation sites (N-methyl/N-ethyl adjacent to an activating group) is 1. The molecule has 7 rings (SSSR count). The number of rotatable bonds is 2. The van der Waals surface area contributed by atoms with Gasteiger partial charge in [0.05, 0.1) is 30.5 Å². The van der Waals surface area contributed by atoms with Gasteiger partial charge >= 0.3 is 11.9 Å². The first kappa shape index (κ1) is 29.0. The van der Waals surface area contributed by atoms with E-state index in [2.05, 4.69) is 15.9 Å². The molecule has 0 aliphatic carbocycles. The highest BCUT2D eigenvalue weighted by molar-refractivity contribution is 7.99. The number of hydrogen-bond acceptors (Lipinski definition) is 13. The van der Waals surface area contributed by atoms with Crippen LogP contribution in [0.2, 0.25) is 0 Å². The minimum atomic E-state index is -0.890. The summed E-state index contributed by atoms with van der Waals surface area (Å²) in [4.78, 5) is 29.8. The van der Waals surface area contributed by atoms with E-state index in [1.807, 2.05) is 27.0 Å². The Bertz CT molecular complexity index is 1640. The smallest absolute Gasteiger partial charge is 0.323 e. The highest BCUT2D eigenvalue weighted by atomic mass is 32.2. The first-order valence-electron chi connectivity index (χ1n) is 14.5. The van der Waals surface area contributed by atoms with Gasteiger partial charge < -0.3 is 34.5 Å². The van der Waals surface area contributed by atoms with Crippen molar-refractivity contribution in [1.29, 1.82) is 5.26 Å². The maximum Gasteiger partial charge on any atom is 0.323 e. The van der Waals surface area contributed by atoms with Gasteiger partial charge in [-0.15, -0.1) is 11.8 Å². The SMILES string of the molecule is COc1c(C)cc2c(c1O)C1C3[C@@H]4SCC(N)C(=O)OC[C@@H](c5c6c(c(C)c(OC(C)=O)c54)OCO6)N3[C@@H](C#N)[C@H](C2)N1C. The van der Waals surface area contributed by atoms with Crippen molar-refractivity contribution in [3.63, 3.8) is 0 Å². The number of phenols is 1. The zero-order valence-electron chi connectivity index (χ0n) is 25.1. The maximum absolute atomic E-state index is 13.0. The fraction of sp³-hybridized carbons (Fsp3) is 0.516. The number of carbonyl (C=O) groups excluding carboxylic acids is 2. The van der Waals surface area contributed by atoms with Gasteiger partial charge in [-0.05, 0) is 38.4 Å². The minimum Gasteiger partial charge on any atom is -0.504 e. The largest absolute Gasteiger partial charge is 0.504 e. The van der Waals surface area contributed by atoms with E-state index in [-0.39, 0.29) is 30.9 Å². The molecule has 2 aromatic carbocycles. The molecular weight excluding hydrogens is 588 g/mol. The van der Waals surface area contributed by atoms with Crippen molar-refractivity contribution in [2.45, 2.75) is 68.7 Å². The van der Waals surface area contributed by atoms with Gasteiger partial charge in [-0.3, -0.25) is 19.4 Å². The molecule has 0 saturated carbocycles. The van der Waals surface area contributed by atoms with Crippen LogP contribution in [0.1, 0.15) is 57.6 Å². The number of hydrogen-bond donors (Lipinski definition) is 2. The quantitative estimate of drug-likeness (QED) is 0.372. The van der Waals surface area contributed by atoms with Gasteiger partial charge in [0, 0.05) is 47.0 Å². The van der Waals surface area contributed by atoms with Crippen LogP contribution in [0.15, 0.2) is 6.07 Å². The number of nitrogens with two attached hydrogens (primary N) is 1. The second kappa shape index (κ2) is 10.4. The van der Waals surface area contributed by atoms with Crippen LogP contribution in [-0.2, 0) is 20.7 Å². The molecule has 0 aromatic heterocycles. The number of nitriles is 1. The van der Waals surface area contributed by atoms with Crippen LogP contribution in [-0.4, -0.2) is 84.3 Å². The van der Waals surface area contributed by atoms with Crippen molar-refractivity contribution in [3.05, 3.63) is 39.4 Å². The number of piperazine rings is 1. The van der Waals surface area contributed by atoms with E-state index in [4.69, 9.17) is 29.4 Å². The zero-order chi connectivity index (χ0) is 31.2. The summed E-state index contributed by atoms with van der Waals surface area (Å²) in [7, 11) is 3.51. The van der Waals surface area contributed by atoms with Crippen molar-refractivity contribution in [2.24, 2.45) is 5.73 Å². The average Bonchev–Trinajstić information content (AvgIpc) is 3.47. The molecule has 232 valence electrons. The molecule has 12 nitrogen and oxygen atoms in total. The number of carbonyl (C=O) groups is 2. The molecule has 5 aliphatic heterocycles. The minimum absolute atomic E-state index is 0.0270. The molecule has 5 aliphatic rings. The molecule has 2 aromatic rings. The third-order valence-electron chi connectivity index (χ3n) is 9.69. The lowest BCUT2D eigenvalue weighted by Gasteiger charge is -2.61. The number of esters is 2. The average molecular weight is 623 g/mol. The lowest BCUT2D eigenvalue weighted by Crippen LogP contribution is -2.69. The first-order valence-corrected chi connectivity index (χ1v) is 15.6. The maximum atomic E-state index is 13.0. The van der Waals surface area contributed by atoms with Gasteiger partial charge in [0.25, 0.3) is 0 Å². The fourth-order valence-corrected chi connectivity index (χ4v) is 9.42. The lowest BCUT2D eigenvalue weighted by atomic mass is 9.71. The number of aryl methyl sites for hydroxylation is 1. The van der Waals surface area contributed by atoms with E-state index in [0.29, 0.717) is 40.5 Å². The Morgan fingerprint density at radius 2 is 1.93 bits per heavy atom. The Kier molecular flexibility index (Phi) is 6.89. The summed E-state index contributed by atoms with van der Waals surface area (Å²) in [5.74, 6) is 0.953. The third-order valence-corrected chi connectivity index (χ3v) is 11.1. The summed E-state index contributed by atoms with van der Waals surface area (Å²) in [6.07, 6.45) is 0.522. The number of aromatic hydroxyl groups is 1. The third kappa shape index (κ3) is 3.94. The van der Waals surface area contributed by atoms with Gasteiger partial charge in [-0.25, -0.2) is 0 Å². The molecule has 44 heavy (non-hydrogen) atoms. The number of methoxy groups -OCH3 is 1. The van der Waals surface area contributed by atoms with Gasteiger partial charge in [0.1, 0.15) is 24.4 Å². The van der Waals surface area contributed by atoms with Crippen LogP contribution in [0.4, 0.5) is 0 Å². The Balaban J connectivity index is 1.56. The summed E-state index contributed by atoms with van der Waals surface area (Å²) in [5, 5.41) is 22.1. The molecule has 0 spiro atoms. The first-order chi connectivity index (χ1) is 21.1. The second-order valence-corrected chi connectivity index (χ2v) is 13.2. The Morgan fingerprint density at radius 3 is 2.64 bits per heavy atom. The van der Waals surface area contributed by atoms with Crippen molar-refractivity contribution < 1.29 is 38.4 Å². The second-order valence-electron chi connectivity index (χ2n) is 12.0. The van der Waals surface area contributed by atoms with E-state index in [1.165, 1.54) is 25.8 Å². The molecule has 0 radical (unpaired) electrons. The predicted octanol–water partition coefficient (Wildman–Crippen LogP) is 2.56. The monoisotopic (exact) mass is 622 g/mol. The molecule has 0 amide bonds. The number of fused-ring (bicyclic) bond motifs is 9. The fourth-order valence-electron chi connectivity index (χ4n) is 7.98. The molecule has 7 atom stereocenters. The zero-order valence-corrected chi connectivity index (χ0v) is 25.9. The number of cyclic esters (lactones) is 1. The number of nitrogens with zero attached hydrogens (tertiary/aromatic N) is 3. The van der Waals surface area contributed by atoms with Crippen LogP contribution < -0.4 is 24.7 Å². The highest BCUT2D eigenvalue weighted by Gasteiger charge is 2.60. The Labute approximate surface area is 258 Å². The van der Waals surface area contributed by atoms with Gasteiger partial charge in [-0.1, -0.05) is 6.07 Å². The van der Waals surface area contributed by atoms with Crippen molar-refractivity contribution >= 4 is 23.7 Å². The molecule has 13 heteroatoms. The van der Waals surface area contributed by atoms with E-state index in [1.54, 1.807) is 0 Å². The van der Waals surface area contributed by atoms with E-state index < -0.39 is 47.4 Å². The molecule has 2 fully saturated rings. The van der Waals surface area contributed by atoms with E-state index in [0.717, 1.165) is 22.3 Å². The predicted molar refractivity (Wildman–Crippen MR) is 158 cm³/mol. The van der Waals surface area contributed by atoms with Crippen molar-refractivity contribution in [3.8, 4) is 34.8 Å². The summed E-state index contributed by atoms with van der Waals surface area (Å²) in [6.45, 7) is 4.93. The van der Waals surface area contributed by atoms with Gasteiger partial charge in [0.2, 0.25) is 6.79 Å². The number of phenolic OH excluding ortho intramolecular Hbond substituents is 1. The Hall–Kier alpha value is -3.70. The van der Waals surface area contributed by atoms with Crippen LogP contribution in [0, 0.1) is 25.2 Å². The summed E-state index contributed by atoms with van der Waals surface area (Å²) in [5.41, 5.74) is 10.8. The molecular formula is C31H34N4O8S. The number of ether oxygens (including phenoxy) is 5. The molecule has 4 bridgehead atoms. The summed E-state index contributed by atoms with van der Waals surface area (Å²) in [6, 6.07) is 1.36. The summed E-state index contributed by atoms with van der Waals surface area (Å²) < 4.78 is 29.4. The normalized spacial score (nSPS) is 30.4. The molecule has 2 saturated heterocycles. The number of benzene rings is 2. The molecule has 3 unspecified atom stereocenters. The molecule has 5 heterocycles. The van der Waals surface area contributed by atoms with Crippen molar-refractivity contribution in [1.82, 2.24) is 9.80 Å². The standard InChI is InChI=1S/C31H34N4O8S/c1-12-6-15-7-17-18(8-32)35-19-9-40-31(38)16(33)10-44-30(24(35)23(34(17)4)20(15)25(37)26(12)39-5)22-21(19)29-28(41-11-42-29)13(2)27(22)43-14(3)36/h6,16-19,23-24,30,37H,7,9-11,33H2,1-5H3/t16?,17-,18-,19-,23?,24?,30+/m0/s1. The van der Waals surface area contributed by atoms with Crippen LogP contribution in [0.5, 0.6) is 28.7 Å². The number of thioether (sulfide) groups is 1. The topological polar surface area (TPSA) is 157 Å². The van der Waals surface area contributed by atoms with Crippen LogP contribution >= 0.6 is 11.8 Å². The van der Waals surface area contributed by atoms with Gasteiger partial charge in [0.15, 0.2) is 23.0 Å². The van der Waals surface area contributed by atoms with E-state index >= 15 is 0 Å². The summed E-state index contributed by atoms with van der Waals surface area (Å²) >= 11 is 1.44. The van der Waals surface area contributed by atoms with E-state index in [9.17, 15) is 20.0 Å². The van der Waals surface area contributed by atoms with Crippen LogP contribution in [0.3, 0.4) is 0 Å². The van der Waals surface area contributed by atoms with Crippen LogP contribution in [0.25, 0.3) is 0 Å². The molecule has 3 N–H and O–H groups in total. The highest BCUT2D eigenvalue weighted by Crippen LogP contribution is 2.64. The van der Waals surface area contributed by atoms with Gasteiger partial charge in [-0.2, -0.15) is 5.26 Å². The lowest BCUT2D eigenvalue weighted by molar-refractivity contribution is -0.150. The Morgan fingerprint density at radius 1 is 1.18 bits per heavy atom. The van der Waals surface area contributed by atoms with Crippen molar-refractivity contribution in [2.75, 3.05) is 33.3 Å².